The Balaban J connectivity index is 0. The summed E-state index contributed by atoms with van der Waals surface area (Å²) in [6, 6.07) is 0. The van der Waals surface area contributed by atoms with Crippen LogP contribution in [0.15, 0.2) is 18.7 Å². The van der Waals surface area contributed by atoms with E-state index in [1.54, 1.807) is 12.4 Å². The molecule has 0 saturated heterocycles. The van der Waals surface area contributed by atoms with Crippen molar-refractivity contribution in [3.05, 3.63) is 24.6 Å². The Hall–Kier alpha value is 0.314. The first-order chi connectivity index (χ1) is 4.23. The second-order valence-corrected chi connectivity index (χ2v) is 2.21. The van der Waals surface area contributed by atoms with Crippen LogP contribution in [0.4, 0.5) is 0 Å². The molecule has 2 nitrogen and oxygen atoms in total. The molecule has 10 heavy (non-hydrogen) atoms. The van der Waals surface area contributed by atoms with Crippen molar-refractivity contribution in [2.45, 2.75) is 20.8 Å². The molecule has 0 unspecified atom stereocenters. The van der Waals surface area contributed by atoms with Crippen molar-refractivity contribution in [3.63, 3.8) is 0 Å². The number of imidazole rings is 1. The molecule has 0 spiro atoms. The summed E-state index contributed by atoms with van der Waals surface area (Å²) in [7, 11) is 0. The minimum atomic E-state index is 0. The first-order valence-corrected chi connectivity index (χ1v) is 2.87. The minimum Gasteiger partial charge on any atom is -0.450 e. The Morgan fingerprint density at radius 3 is 1.90 bits per heavy atom. The van der Waals surface area contributed by atoms with Crippen molar-refractivity contribution in [1.29, 1.82) is 0 Å². The first-order valence-electron chi connectivity index (χ1n) is 2.87. The fourth-order valence-electron chi connectivity index (χ4n) is 0.192. The number of rotatable bonds is 0. The van der Waals surface area contributed by atoms with Crippen LogP contribution in [0.1, 0.15) is 20.8 Å². The number of hydrogen-bond acceptors (Lipinski definition) is 1. The predicted molar refractivity (Wildman–Crippen MR) is 37.8 cm³/mol. The van der Waals surface area contributed by atoms with Crippen molar-refractivity contribution in [3.8, 4) is 0 Å². The van der Waals surface area contributed by atoms with Crippen LogP contribution in [0.25, 0.3) is 0 Å². The number of aromatic nitrogens is 2. The normalized spacial score (nSPS) is 7.60. The van der Waals surface area contributed by atoms with E-state index in [1.165, 1.54) is 12.2 Å². The van der Waals surface area contributed by atoms with Gasteiger partial charge in [0.25, 0.3) is 0 Å². The molecule has 1 rings (SSSR count). The smallest absolute Gasteiger partial charge is 0 e. The Labute approximate surface area is 87.7 Å². The Morgan fingerprint density at radius 1 is 1.30 bits per heavy atom. The molecule has 0 amide bonds. The number of hydrogen-bond donors (Lipinski definition) is 0. The molecule has 1 radical (unpaired) electrons. The fraction of sp³-hybridized carbons (Fsp3) is 0.429. The van der Waals surface area contributed by atoms with Gasteiger partial charge in [-0.2, -0.15) is 20.8 Å². The van der Waals surface area contributed by atoms with Crippen LogP contribution in [0, 0.1) is 5.92 Å². The van der Waals surface area contributed by atoms with E-state index in [2.05, 4.69) is 30.7 Å². The maximum atomic E-state index is 3.61. The third-order valence-electron chi connectivity index (χ3n) is 0.372. The Bertz CT molecular complexity index is 95.2. The largest absolute Gasteiger partial charge is 0.450 e. The summed E-state index contributed by atoms with van der Waals surface area (Å²) in [6.07, 6.45) is 4.78. The molecule has 0 aliphatic rings. The molecule has 0 atom stereocenters. The van der Waals surface area contributed by atoms with Gasteiger partial charge in [-0.25, -0.2) is 0 Å². The van der Waals surface area contributed by atoms with Gasteiger partial charge >= 0.3 is 0 Å². The molecule has 3 heteroatoms. The third-order valence-corrected chi connectivity index (χ3v) is 0.372. The van der Waals surface area contributed by atoms with E-state index >= 15 is 0 Å². The van der Waals surface area contributed by atoms with Gasteiger partial charge in [0.2, 0.25) is 0 Å². The molecular weight excluding hydrogens is 201 g/mol. The maximum absolute atomic E-state index is 3.61. The van der Waals surface area contributed by atoms with E-state index < -0.39 is 0 Å². The summed E-state index contributed by atoms with van der Waals surface area (Å²) >= 11 is 0. The van der Waals surface area contributed by atoms with Gasteiger partial charge in [-0.1, -0.05) is 18.7 Å². The van der Waals surface area contributed by atoms with E-state index in [4.69, 9.17) is 0 Å². The molecule has 1 aromatic heterocycles. The van der Waals surface area contributed by atoms with Crippen molar-refractivity contribution >= 4 is 0 Å². The monoisotopic (exact) mass is 213 g/mol. The predicted octanol–water partition coefficient (Wildman–Crippen LogP) is 1.66. The van der Waals surface area contributed by atoms with Gasteiger partial charge in [0.15, 0.2) is 0 Å². The van der Waals surface area contributed by atoms with Gasteiger partial charge in [0.05, 0.1) is 0 Å². The SMILES string of the molecule is C[C-](C)C.[Y].c1c[n-]cn1. The summed E-state index contributed by atoms with van der Waals surface area (Å²) in [6.45, 7) is 6.25. The quantitative estimate of drug-likeness (QED) is 0.612. The zero-order valence-corrected chi connectivity index (χ0v) is 9.54. The van der Waals surface area contributed by atoms with Crippen LogP contribution in [-0.4, -0.2) is 4.98 Å². The van der Waals surface area contributed by atoms with Crippen LogP contribution < -0.4 is 4.98 Å². The van der Waals surface area contributed by atoms with Crippen LogP contribution in [0.3, 0.4) is 0 Å². The van der Waals surface area contributed by atoms with Gasteiger partial charge in [0, 0.05) is 32.7 Å². The minimum absolute atomic E-state index is 0. The average molecular weight is 213 g/mol. The molecule has 1 heterocycles. The topological polar surface area (TPSA) is 27.0 Å². The molecule has 0 aliphatic carbocycles. The van der Waals surface area contributed by atoms with Crippen molar-refractivity contribution < 1.29 is 32.7 Å². The Kier molecular flexibility index (Phi) is 12.1. The van der Waals surface area contributed by atoms with Crippen LogP contribution in [0.5, 0.6) is 0 Å². The maximum Gasteiger partial charge on any atom is 0 e. The molecule has 0 bridgehead atoms. The van der Waals surface area contributed by atoms with E-state index in [9.17, 15) is 0 Å². The Morgan fingerprint density at radius 2 is 1.80 bits per heavy atom. The average Bonchev–Trinajstić information content (AvgIpc) is 2.11. The summed E-state index contributed by atoms with van der Waals surface area (Å²) < 4.78 is 0. The van der Waals surface area contributed by atoms with Crippen molar-refractivity contribution in [2.75, 3.05) is 0 Å². The summed E-state index contributed by atoms with van der Waals surface area (Å²) in [4.78, 5) is 7.22. The van der Waals surface area contributed by atoms with E-state index in [0.29, 0.717) is 0 Å². The van der Waals surface area contributed by atoms with Crippen LogP contribution >= 0.6 is 0 Å². The van der Waals surface area contributed by atoms with Crippen LogP contribution in [0.2, 0.25) is 0 Å². The summed E-state index contributed by atoms with van der Waals surface area (Å²) in [5.74, 6) is 1.42. The van der Waals surface area contributed by atoms with E-state index in [-0.39, 0.29) is 32.7 Å². The van der Waals surface area contributed by atoms with Crippen LogP contribution in [-0.2, 0) is 32.7 Å². The van der Waals surface area contributed by atoms with Crippen molar-refractivity contribution in [2.24, 2.45) is 0 Å². The number of nitrogens with zero attached hydrogens (tertiary/aromatic N) is 2. The van der Waals surface area contributed by atoms with E-state index in [1.807, 2.05) is 0 Å². The molecule has 0 saturated carbocycles. The molecule has 1 aromatic rings. The van der Waals surface area contributed by atoms with Crippen molar-refractivity contribution in [1.82, 2.24) is 9.97 Å². The molecule has 0 aromatic carbocycles. The second kappa shape index (κ2) is 9.31. The molecular formula is C7H12N2Y-2. The first kappa shape index (κ1) is 12.9. The molecule has 0 fully saturated rings. The molecule has 0 aliphatic heterocycles. The third kappa shape index (κ3) is 15.7. The van der Waals surface area contributed by atoms with Gasteiger partial charge in [-0.3, -0.25) is 0 Å². The molecule has 55 valence electrons. The zero-order valence-electron chi connectivity index (χ0n) is 6.70. The zero-order chi connectivity index (χ0) is 7.11. The summed E-state index contributed by atoms with van der Waals surface area (Å²) in [5.41, 5.74) is 0. The standard InChI is InChI=1S/C4H9.C3H3N2.Y/c1-4(2)3;1-2-5-3-4-1;/h1-3H3;1-3H;/q2*-1;. The van der Waals surface area contributed by atoms with Gasteiger partial charge < -0.3 is 15.9 Å². The van der Waals surface area contributed by atoms with Gasteiger partial charge in [0.1, 0.15) is 0 Å². The molecule has 0 N–H and O–H groups in total. The van der Waals surface area contributed by atoms with Gasteiger partial charge in [-0.15, -0.1) is 0 Å². The van der Waals surface area contributed by atoms with Gasteiger partial charge in [-0.05, 0) is 0 Å². The fourth-order valence-corrected chi connectivity index (χ4v) is 0.192. The van der Waals surface area contributed by atoms with E-state index in [0.717, 1.165) is 0 Å². The summed E-state index contributed by atoms with van der Waals surface area (Å²) in [5, 5.41) is 0. The second-order valence-electron chi connectivity index (χ2n) is 2.21.